The molecular formula is C23H17BrN2O2S. The van der Waals surface area contributed by atoms with Crippen LogP contribution in [0.2, 0.25) is 0 Å². The molecule has 0 fully saturated rings. The summed E-state index contributed by atoms with van der Waals surface area (Å²) in [6, 6.07) is 24.7. The molecule has 0 saturated heterocycles. The third-order valence-electron chi connectivity index (χ3n) is 4.39. The van der Waals surface area contributed by atoms with Gasteiger partial charge in [0.2, 0.25) is 5.91 Å². The molecule has 0 radical (unpaired) electrons. The van der Waals surface area contributed by atoms with E-state index in [1.165, 1.54) is 6.07 Å². The van der Waals surface area contributed by atoms with Gasteiger partial charge in [-0.1, -0.05) is 39.8 Å². The van der Waals surface area contributed by atoms with Gasteiger partial charge in [-0.2, -0.15) is 0 Å². The number of nitrogens with one attached hydrogen (secondary N) is 1. The Morgan fingerprint density at radius 2 is 1.55 bits per heavy atom. The van der Waals surface area contributed by atoms with E-state index < -0.39 is 0 Å². The van der Waals surface area contributed by atoms with Crippen molar-refractivity contribution in [2.24, 2.45) is 0 Å². The minimum Gasteiger partial charge on any atom is -0.338 e. The maximum atomic E-state index is 12.5. The van der Waals surface area contributed by atoms with E-state index >= 15 is 0 Å². The van der Waals surface area contributed by atoms with Crippen molar-refractivity contribution in [1.29, 1.82) is 0 Å². The van der Waals surface area contributed by atoms with Crippen molar-refractivity contribution in [2.45, 2.75) is 16.3 Å². The zero-order valence-corrected chi connectivity index (χ0v) is 17.7. The highest BCUT2D eigenvalue weighted by Gasteiger charge is 2.07. The van der Waals surface area contributed by atoms with Crippen LogP contribution in [0.5, 0.6) is 0 Å². The highest BCUT2D eigenvalue weighted by molar-refractivity contribution is 9.10. The summed E-state index contributed by atoms with van der Waals surface area (Å²) >= 11 is 5.10. The highest BCUT2D eigenvalue weighted by Crippen LogP contribution is 2.29. The average Bonchev–Trinajstić information content (AvgIpc) is 2.73. The van der Waals surface area contributed by atoms with E-state index in [1.807, 2.05) is 54.6 Å². The maximum absolute atomic E-state index is 12.5. The number of nitrogens with zero attached hydrogens (tertiary/aromatic N) is 1. The summed E-state index contributed by atoms with van der Waals surface area (Å²) in [5.74, 6) is -0.146. The van der Waals surface area contributed by atoms with Crippen LogP contribution in [0.1, 0.15) is 0 Å². The molecule has 3 aromatic carbocycles. The number of aromatic nitrogens is 1. The van der Waals surface area contributed by atoms with Gasteiger partial charge in [-0.3, -0.25) is 9.59 Å². The molecule has 6 heteroatoms. The summed E-state index contributed by atoms with van der Waals surface area (Å²) in [4.78, 5) is 26.7. The summed E-state index contributed by atoms with van der Waals surface area (Å²) in [5.41, 5.74) is 1.44. The minimum absolute atomic E-state index is 0.0453. The first-order valence-electron chi connectivity index (χ1n) is 9.00. The number of anilines is 1. The second-order valence-corrected chi connectivity index (χ2v) is 8.52. The summed E-state index contributed by atoms with van der Waals surface area (Å²) in [7, 11) is 0. The number of rotatable bonds is 5. The van der Waals surface area contributed by atoms with Crippen LogP contribution in [0.15, 0.2) is 104 Å². The molecule has 1 heterocycles. The van der Waals surface area contributed by atoms with E-state index in [0.29, 0.717) is 5.39 Å². The van der Waals surface area contributed by atoms with E-state index in [1.54, 1.807) is 28.6 Å². The zero-order chi connectivity index (χ0) is 20.2. The van der Waals surface area contributed by atoms with Gasteiger partial charge in [0.05, 0.1) is 5.52 Å². The fourth-order valence-corrected chi connectivity index (χ4v) is 4.08. The Morgan fingerprint density at radius 3 is 2.28 bits per heavy atom. The Morgan fingerprint density at radius 1 is 0.897 bits per heavy atom. The van der Waals surface area contributed by atoms with Gasteiger partial charge in [0, 0.05) is 37.6 Å². The molecule has 0 unspecified atom stereocenters. The van der Waals surface area contributed by atoms with Crippen molar-refractivity contribution >= 4 is 50.2 Å². The average molecular weight is 465 g/mol. The van der Waals surface area contributed by atoms with Crippen LogP contribution in [0.4, 0.5) is 5.69 Å². The summed E-state index contributed by atoms with van der Waals surface area (Å²) in [5, 5.41) is 3.52. The van der Waals surface area contributed by atoms with Gasteiger partial charge in [-0.25, -0.2) is 0 Å². The molecule has 0 saturated carbocycles. The molecule has 4 nitrogen and oxygen atoms in total. The van der Waals surface area contributed by atoms with Crippen molar-refractivity contribution in [1.82, 2.24) is 4.57 Å². The van der Waals surface area contributed by atoms with Crippen LogP contribution < -0.4 is 10.7 Å². The number of hydrogen-bond acceptors (Lipinski definition) is 3. The summed E-state index contributed by atoms with van der Waals surface area (Å²) < 4.78 is 2.83. The zero-order valence-electron chi connectivity index (χ0n) is 15.3. The van der Waals surface area contributed by atoms with Crippen molar-refractivity contribution in [3.05, 3.63) is 99.8 Å². The number of hydrogen-bond donors (Lipinski definition) is 1. The monoisotopic (exact) mass is 464 g/mol. The Balaban J connectivity index is 1.43. The molecule has 0 bridgehead atoms. The van der Waals surface area contributed by atoms with Crippen molar-refractivity contribution in [2.75, 3.05) is 5.32 Å². The number of fused-ring (bicyclic) bond motifs is 1. The second-order valence-electron chi connectivity index (χ2n) is 6.45. The summed E-state index contributed by atoms with van der Waals surface area (Å²) in [6.07, 6.45) is 1.65. The van der Waals surface area contributed by atoms with Crippen LogP contribution in [0, 0.1) is 0 Å². The second kappa shape index (κ2) is 8.68. The van der Waals surface area contributed by atoms with Crippen molar-refractivity contribution in [3.63, 3.8) is 0 Å². The number of carbonyl (C=O) groups is 1. The van der Waals surface area contributed by atoms with Gasteiger partial charge >= 0.3 is 0 Å². The first-order valence-corrected chi connectivity index (χ1v) is 10.6. The molecule has 144 valence electrons. The Hall–Kier alpha value is -2.83. The topological polar surface area (TPSA) is 51.1 Å². The fraction of sp³-hybridized carbons (Fsp3) is 0.0435. The maximum Gasteiger partial charge on any atom is 0.244 e. The molecule has 29 heavy (non-hydrogen) atoms. The van der Waals surface area contributed by atoms with Gasteiger partial charge in [0.15, 0.2) is 5.43 Å². The van der Waals surface area contributed by atoms with Crippen LogP contribution in [0.25, 0.3) is 10.9 Å². The smallest absolute Gasteiger partial charge is 0.244 e. The Kier molecular flexibility index (Phi) is 5.83. The van der Waals surface area contributed by atoms with Crippen molar-refractivity contribution < 1.29 is 4.79 Å². The molecular weight excluding hydrogens is 448 g/mol. The SMILES string of the molecule is O=C(Cn1ccc(=O)c2ccccc21)Nc1ccc(Sc2ccc(Br)cc2)cc1. The lowest BCUT2D eigenvalue weighted by atomic mass is 10.2. The number of para-hydroxylation sites is 1. The first-order chi connectivity index (χ1) is 14.1. The van der Waals surface area contributed by atoms with Gasteiger partial charge in [0.25, 0.3) is 0 Å². The Bertz CT molecular complexity index is 1220. The van der Waals surface area contributed by atoms with Gasteiger partial charge in [-0.15, -0.1) is 0 Å². The number of halogens is 1. The molecule has 1 aromatic heterocycles. The molecule has 0 aliphatic carbocycles. The van der Waals surface area contributed by atoms with E-state index in [0.717, 1.165) is 25.5 Å². The van der Waals surface area contributed by atoms with Gasteiger partial charge in [-0.05, 0) is 60.7 Å². The van der Waals surface area contributed by atoms with Crippen LogP contribution in [-0.4, -0.2) is 10.5 Å². The molecule has 4 aromatic rings. The van der Waals surface area contributed by atoms with Crippen molar-refractivity contribution in [3.8, 4) is 0 Å². The predicted octanol–water partition coefficient (Wildman–Crippen LogP) is 5.55. The lowest BCUT2D eigenvalue weighted by Crippen LogP contribution is -2.20. The molecule has 0 aliphatic rings. The number of carbonyl (C=O) groups excluding carboxylic acids is 1. The van der Waals surface area contributed by atoms with Crippen LogP contribution in [0.3, 0.4) is 0 Å². The molecule has 0 atom stereocenters. The number of benzene rings is 3. The molecule has 4 rings (SSSR count). The third kappa shape index (κ3) is 4.78. The van der Waals surface area contributed by atoms with E-state index in [2.05, 4.69) is 33.4 Å². The third-order valence-corrected chi connectivity index (χ3v) is 5.93. The quantitative estimate of drug-likeness (QED) is 0.420. The molecule has 0 spiro atoms. The summed E-state index contributed by atoms with van der Waals surface area (Å²) in [6.45, 7) is 0.135. The normalized spacial score (nSPS) is 10.8. The lowest BCUT2D eigenvalue weighted by Gasteiger charge is -2.11. The van der Waals surface area contributed by atoms with E-state index in [9.17, 15) is 9.59 Å². The van der Waals surface area contributed by atoms with Crippen LogP contribution in [-0.2, 0) is 11.3 Å². The first kappa shape index (κ1) is 19.5. The van der Waals surface area contributed by atoms with E-state index in [4.69, 9.17) is 0 Å². The van der Waals surface area contributed by atoms with E-state index in [-0.39, 0.29) is 17.9 Å². The van der Waals surface area contributed by atoms with Gasteiger partial charge < -0.3 is 9.88 Å². The van der Waals surface area contributed by atoms with Crippen LogP contribution >= 0.6 is 27.7 Å². The standard InChI is InChI=1S/C23H17BrN2O2S/c24-16-5-9-18(10-6-16)29-19-11-7-17(8-12-19)25-23(28)15-26-14-13-22(27)20-3-1-2-4-21(20)26/h1-14H,15H2,(H,25,28). The Labute approximate surface area is 180 Å². The van der Waals surface area contributed by atoms with Gasteiger partial charge in [0.1, 0.15) is 6.54 Å². The number of pyridine rings is 1. The molecule has 0 aliphatic heterocycles. The minimum atomic E-state index is -0.146. The number of amides is 1. The molecule has 1 amide bonds. The largest absolute Gasteiger partial charge is 0.338 e. The highest BCUT2D eigenvalue weighted by atomic mass is 79.9. The lowest BCUT2D eigenvalue weighted by molar-refractivity contribution is -0.116. The molecule has 1 N–H and O–H groups in total. The predicted molar refractivity (Wildman–Crippen MR) is 122 cm³/mol. The fourth-order valence-electron chi connectivity index (χ4n) is 3.00.